The van der Waals surface area contributed by atoms with Gasteiger partial charge in [-0.1, -0.05) is 44.2 Å². The first-order chi connectivity index (χ1) is 14.0. The molecule has 0 aromatic heterocycles. The largest absolute Gasteiger partial charge is 0.287 e. The third kappa shape index (κ3) is 2.77. The summed E-state index contributed by atoms with van der Waals surface area (Å²) in [6.07, 6.45) is 1.32. The average molecular weight is 389 g/mol. The molecule has 7 heteroatoms. The molecular weight excluding hydrogens is 370 g/mol. The van der Waals surface area contributed by atoms with E-state index in [1.54, 1.807) is 42.5 Å². The standard InChI is InChI=1S/C22H19N3O4/c1-3-12(4-2)25-21(28)15-10-7-11-16(17(15)22(25)29)23-24-18-19(26)13-8-5-6-9-14(13)20(18)27/h5-12,23H,3-4H2,1-2H3. The summed E-state index contributed by atoms with van der Waals surface area (Å²) in [6.45, 7) is 3.86. The van der Waals surface area contributed by atoms with Gasteiger partial charge in [0.15, 0.2) is 5.36 Å². The quantitative estimate of drug-likeness (QED) is 0.533. The molecule has 1 N–H and O–H groups in total. The lowest BCUT2D eigenvalue weighted by Crippen LogP contribution is -2.39. The summed E-state index contributed by atoms with van der Waals surface area (Å²) >= 11 is 0. The van der Waals surface area contributed by atoms with Crippen molar-refractivity contribution in [2.75, 3.05) is 5.43 Å². The predicted molar refractivity (Wildman–Crippen MR) is 109 cm³/mol. The van der Waals surface area contributed by atoms with Crippen LogP contribution in [0, 0.1) is 0 Å². The lowest BCUT2D eigenvalue weighted by atomic mass is 10.1. The fraction of sp³-hybridized carbons (Fsp3) is 0.227. The third-order valence-corrected chi connectivity index (χ3v) is 5.39. The van der Waals surface area contributed by atoms with E-state index in [1.165, 1.54) is 4.90 Å². The first kappa shape index (κ1) is 18.7. The summed E-state index contributed by atoms with van der Waals surface area (Å²) in [7, 11) is 0. The molecule has 0 aliphatic carbocycles. The zero-order valence-corrected chi connectivity index (χ0v) is 16.1. The van der Waals surface area contributed by atoms with E-state index in [0.29, 0.717) is 34.9 Å². The van der Waals surface area contributed by atoms with Gasteiger partial charge in [0.25, 0.3) is 11.8 Å². The Hall–Kier alpha value is -3.61. The molecule has 2 amide bonds. The van der Waals surface area contributed by atoms with Crippen LogP contribution in [0.4, 0.5) is 5.69 Å². The summed E-state index contributed by atoms with van der Waals surface area (Å²) in [5.74, 6) is -0.732. The number of anilines is 1. The molecule has 0 fully saturated rings. The van der Waals surface area contributed by atoms with Gasteiger partial charge in [-0.25, -0.2) is 0 Å². The van der Waals surface area contributed by atoms with Crippen molar-refractivity contribution in [2.45, 2.75) is 32.7 Å². The summed E-state index contributed by atoms with van der Waals surface area (Å²) in [6, 6.07) is 11.2. The van der Waals surface area contributed by atoms with E-state index in [0.717, 1.165) is 0 Å². The lowest BCUT2D eigenvalue weighted by molar-refractivity contribution is 0.0576. The van der Waals surface area contributed by atoms with Gasteiger partial charge in [0.2, 0.25) is 10.9 Å². The molecular formula is C22H19N3O4. The molecule has 0 unspecified atom stereocenters. The Kier molecular flexibility index (Phi) is 4.58. The van der Waals surface area contributed by atoms with Crippen LogP contribution in [0.1, 0.15) is 47.4 Å². The molecule has 29 heavy (non-hydrogen) atoms. The second kappa shape index (κ2) is 7.09. The van der Waals surface area contributed by atoms with Crippen molar-refractivity contribution in [3.63, 3.8) is 0 Å². The molecule has 0 atom stereocenters. The number of imide groups is 1. The van der Waals surface area contributed by atoms with E-state index < -0.39 is 16.8 Å². The number of rotatable bonds is 5. The molecule has 0 saturated carbocycles. The average Bonchev–Trinajstić information content (AvgIpc) is 3.14. The van der Waals surface area contributed by atoms with Crippen LogP contribution < -0.4 is 21.6 Å². The van der Waals surface area contributed by atoms with Gasteiger partial charge in [-0.05, 0) is 25.0 Å². The van der Waals surface area contributed by atoms with E-state index in [4.69, 9.17) is 0 Å². The number of hydrogen-bond acceptors (Lipinski definition) is 6. The molecule has 0 bridgehead atoms. The minimum Gasteiger partial charge on any atom is -0.287 e. The van der Waals surface area contributed by atoms with Crippen LogP contribution in [-0.2, 0) is 0 Å². The molecule has 3 aromatic carbocycles. The smallest absolute Gasteiger partial charge is 0.263 e. The Morgan fingerprint density at radius 3 is 2.07 bits per heavy atom. The lowest BCUT2D eigenvalue weighted by Gasteiger charge is -2.23. The number of benzene rings is 2. The first-order valence-electron chi connectivity index (χ1n) is 9.52. The molecule has 0 radical (unpaired) electrons. The Bertz CT molecular complexity index is 1250. The Balaban J connectivity index is 1.79. The zero-order valence-electron chi connectivity index (χ0n) is 16.1. The maximum Gasteiger partial charge on any atom is 0.263 e. The van der Waals surface area contributed by atoms with Crippen LogP contribution >= 0.6 is 0 Å². The second-order valence-electron chi connectivity index (χ2n) is 6.95. The van der Waals surface area contributed by atoms with Crippen molar-refractivity contribution in [3.05, 3.63) is 79.4 Å². The fourth-order valence-corrected chi connectivity index (χ4v) is 3.84. The van der Waals surface area contributed by atoms with E-state index in [9.17, 15) is 19.2 Å². The third-order valence-electron chi connectivity index (χ3n) is 5.39. The number of nitrogens with zero attached hydrogens (tertiary/aromatic N) is 2. The first-order valence-corrected chi connectivity index (χ1v) is 9.52. The van der Waals surface area contributed by atoms with Crippen LogP contribution in [0.5, 0.6) is 0 Å². The van der Waals surface area contributed by atoms with Crippen LogP contribution in [0.3, 0.4) is 0 Å². The van der Waals surface area contributed by atoms with Crippen LogP contribution in [0.15, 0.2) is 57.2 Å². The molecule has 4 rings (SSSR count). The normalized spacial score (nSPS) is 13.4. The van der Waals surface area contributed by atoms with Crippen molar-refractivity contribution in [1.82, 2.24) is 4.90 Å². The summed E-state index contributed by atoms with van der Waals surface area (Å²) < 4.78 is 0. The van der Waals surface area contributed by atoms with E-state index >= 15 is 0 Å². The van der Waals surface area contributed by atoms with Crippen molar-refractivity contribution in [3.8, 4) is 0 Å². The summed E-state index contributed by atoms with van der Waals surface area (Å²) in [4.78, 5) is 52.0. The minimum atomic E-state index is -0.466. The molecule has 1 aliphatic rings. The Labute approximate surface area is 166 Å². The monoisotopic (exact) mass is 389 g/mol. The summed E-state index contributed by atoms with van der Waals surface area (Å²) in [5.41, 5.74) is 2.54. The maximum absolute atomic E-state index is 13.0. The zero-order chi connectivity index (χ0) is 20.7. The topological polar surface area (TPSA) is 95.9 Å². The Morgan fingerprint density at radius 2 is 1.48 bits per heavy atom. The van der Waals surface area contributed by atoms with Gasteiger partial charge in [0.05, 0.1) is 16.8 Å². The van der Waals surface area contributed by atoms with Gasteiger partial charge in [0.1, 0.15) is 0 Å². The number of hydrogen-bond donors (Lipinski definition) is 1. The second-order valence-corrected chi connectivity index (χ2v) is 6.95. The van der Waals surface area contributed by atoms with E-state index in [2.05, 4.69) is 10.5 Å². The molecule has 1 aliphatic heterocycles. The highest BCUT2D eigenvalue weighted by Crippen LogP contribution is 2.31. The predicted octanol–water partition coefficient (Wildman–Crippen LogP) is 2.15. The van der Waals surface area contributed by atoms with Crippen molar-refractivity contribution in [2.24, 2.45) is 5.10 Å². The molecule has 3 aromatic rings. The molecule has 0 spiro atoms. The number of nitrogens with one attached hydrogen (secondary N) is 1. The van der Waals surface area contributed by atoms with Crippen LogP contribution in [0.25, 0.3) is 10.8 Å². The van der Waals surface area contributed by atoms with Crippen LogP contribution in [0.2, 0.25) is 0 Å². The molecule has 7 nitrogen and oxygen atoms in total. The highest BCUT2D eigenvalue weighted by Gasteiger charge is 2.40. The number of amides is 2. The van der Waals surface area contributed by atoms with Gasteiger partial charge >= 0.3 is 0 Å². The minimum absolute atomic E-state index is 0.186. The van der Waals surface area contributed by atoms with Crippen LogP contribution in [-0.4, -0.2) is 22.8 Å². The SMILES string of the molecule is CCC(CC)N1C(=O)c2cccc(NN=c3c(=O)c4ccccc4c3=O)c2C1=O. The number of carbonyl (C=O) groups is 2. The molecule has 1 heterocycles. The number of fused-ring (bicyclic) bond motifs is 2. The van der Waals surface area contributed by atoms with Crippen molar-refractivity contribution >= 4 is 28.3 Å². The maximum atomic E-state index is 13.0. The van der Waals surface area contributed by atoms with E-state index in [1.807, 2.05) is 13.8 Å². The highest BCUT2D eigenvalue weighted by molar-refractivity contribution is 6.23. The highest BCUT2D eigenvalue weighted by atomic mass is 16.2. The van der Waals surface area contributed by atoms with Gasteiger partial charge in [0, 0.05) is 16.8 Å². The molecule has 0 saturated heterocycles. The van der Waals surface area contributed by atoms with Gasteiger partial charge in [-0.15, -0.1) is 0 Å². The van der Waals surface area contributed by atoms with Crippen molar-refractivity contribution in [1.29, 1.82) is 0 Å². The summed E-state index contributed by atoms with van der Waals surface area (Å²) in [5, 5.41) is 4.38. The van der Waals surface area contributed by atoms with Gasteiger partial charge in [-0.3, -0.25) is 29.5 Å². The number of carbonyl (C=O) groups excluding carboxylic acids is 2. The Morgan fingerprint density at radius 1 is 0.862 bits per heavy atom. The van der Waals surface area contributed by atoms with Crippen molar-refractivity contribution < 1.29 is 9.59 Å². The van der Waals surface area contributed by atoms with E-state index in [-0.39, 0.29) is 22.9 Å². The fourth-order valence-electron chi connectivity index (χ4n) is 3.84. The van der Waals surface area contributed by atoms with Gasteiger partial charge in [-0.2, -0.15) is 5.10 Å². The van der Waals surface area contributed by atoms with Gasteiger partial charge < -0.3 is 0 Å². The molecule has 146 valence electrons.